The smallest absolute Gasteiger partial charge is 0 e. The summed E-state index contributed by atoms with van der Waals surface area (Å²) in [6.45, 7) is 0. The molecule has 0 spiro atoms. The summed E-state index contributed by atoms with van der Waals surface area (Å²) in [5.74, 6) is 0. The van der Waals surface area contributed by atoms with Gasteiger partial charge in [0.05, 0.1) is 0 Å². The van der Waals surface area contributed by atoms with Crippen LogP contribution in [-0.4, -0.2) is 0 Å². The van der Waals surface area contributed by atoms with Crippen LogP contribution in [-0.2, 0) is 21.7 Å². The van der Waals surface area contributed by atoms with E-state index in [0.29, 0.717) is 0 Å². The molecule has 0 saturated heterocycles. The van der Waals surface area contributed by atoms with Crippen molar-refractivity contribution in [3.63, 3.8) is 0 Å². The van der Waals surface area contributed by atoms with Crippen molar-refractivity contribution in [3.8, 4) is 0 Å². The molecule has 1 heteroatoms. The van der Waals surface area contributed by atoms with Crippen molar-refractivity contribution in [2.75, 3.05) is 0 Å². The summed E-state index contributed by atoms with van der Waals surface area (Å²) < 4.78 is 0. The van der Waals surface area contributed by atoms with Crippen molar-refractivity contribution in [1.29, 1.82) is 0 Å². The third kappa shape index (κ3) is 2.43. The number of allylic oxidation sites excluding steroid dienone is 8. The van der Waals surface area contributed by atoms with Gasteiger partial charge in [-0.2, -0.15) is 0 Å². The van der Waals surface area contributed by atoms with E-state index in [9.17, 15) is 0 Å². The molecule has 0 aromatic heterocycles. The van der Waals surface area contributed by atoms with Crippen molar-refractivity contribution in [3.05, 3.63) is 71.8 Å². The molecule has 2 aliphatic rings. The molecular weight excluding hydrogens is 240 g/mol. The first-order valence-electron chi connectivity index (χ1n) is 5.68. The molecule has 3 rings (SSSR count). The number of rotatable bonds is 2. The van der Waals surface area contributed by atoms with Gasteiger partial charge in [0.15, 0.2) is 0 Å². The molecule has 2 aliphatic carbocycles. The molecule has 0 nitrogen and oxygen atoms in total. The fourth-order valence-corrected chi connectivity index (χ4v) is 2.25. The number of hydrogen-bond donors (Lipinski definition) is 0. The molecule has 1 aromatic rings. The quantitative estimate of drug-likeness (QED) is 0.545. The Morgan fingerprint density at radius 2 is 1.71 bits per heavy atom. The Morgan fingerprint density at radius 1 is 1.00 bits per heavy atom. The van der Waals surface area contributed by atoms with E-state index < -0.39 is 0 Å². The van der Waals surface area contributed by atoms with E-state index in [2.05, 4.69) is 54.7 Å². The van der Waals surface area contributed by atoms with Gasteiger partial charge in [0, 0.05) is 21.7 Å². The van der Waals surface area contributed by atoms with Crippen LogP contribution in [0.2, 0.25) is 0 Å². The molecular formula is C16H14Ti-2. The van der Waals surface area contributed by atoms with Crippen LogP contribution < -0.4 is 0 Å². The molecule has 0 saturated carbocycles. The van der Waals surface area contributed by atoms with Crippen LogP contribution >= 0.6 is 0 Å². The van der Waals surface area contributed by atoms with Gasteiger partial charge in [-0.1, -0.05) is 36.0 Å². The van der Waals surface area contributed by atoms with Crippen molar-refractivity contribution in [2.45, 2.75) is 12.8 Å². The van der Waals surface area contributed by atoms with E-state index in [1.165, 1.54) is 22.3 Å². The van der Waals surface area contributed by atoms with E-state index in [1.54, 1.807) is 0 Å². The zero-order valence-electron chi connectivity index (χ0n) is 10.6. The Kier molecular flexibility index (Phi) is 3.99. The van der Waals surface area contributed by atoms with Crippen LogP contribution in [0.3, 0.4) is 0 Å². The molecule has 0 unspecified atom stereocenters. The molecule has 0 N–H and O–H groups in total. The van der Waals surface area contributed by atoms with E-state index >= 15 is 0 Å². The third-order valence-corrected chi connectivity index (χ3v) is 3.07. The minimum Gasteiger partial charge on any atom is -1.00 e. The molecule has 0 amide bonds. The minimum absolute atomic E-state index is 0. The van der Waals surface area contributed by atoms with Crippen molar-refractivity contribution in [2.24, 2.45) is 0 Å². The Hall–Kier alpha value is -1.11. The summed E-state index contributed by atoms with van der Waals surface area (Å²) >= 11 is 0. The molecule has 0 radical (unpaired) electrons. The van der Waals surface area contributed by atoms with Crippen LogP contribution in [0.25, 0.3) is 11.1 Å². The van der Waals surface area contributed by atoms with Gasteiger partial charge in [-0.3, -0.25) is 0 Å². The second kappa shape index (κ2) is 5.49. The summed E-state index contributed by atoms with van der Waals surface area (Å²) in [6, 6.07) is 9.65. The summed E-state index contributed by atoms with van der Waals surface area (Å²) in [4.78, 5) is 0. The van der Waals surface area contributed by atoms with Crippen LogP contribution in [0.5, 0.6) is 0 Å². The van der Waals surface area contributed by atoms with Crippen LogP contribution in [0.4, 0.5) is 0 Å². The fourth-order valence-electron chi connectivity index (χ4n) is 2.25. The molecule has 17 heavy (non-hydrogen) atoms. The van der Waals surface area contributed by atoms with Crippen molar-refractivity contribution in [1.82, 2.24) is 0 Å². The van der Waals surface area contributed by atoms with Crippen LogP contribution in [0, 0.1) is 6.07 Å². The zero-order chi connectivity index (χ0) is 10.8. The summed E-state index contributed by atoms with van der Waals surface area (Å²) in [6.07, 6.45) is 15.1. The van der Waals surface area contributed by atoms with Gasteiger partial charge in [0.2, 0.25) is 0 Å². The topological polar surface area (TPSA) is 0 Å². The first kappa shape index (κ1) is 12.4. The Balaban J connectivity index is 0.000000810. The third-order valence-electron chi connectivity index (χ3n) is 3.07. The largest absolute Gasteiger partial charge is 1.00 e. The number of benzene rings is 1. The molecule has 0 fully saturated rings. The predicted molar refractivity (Wildman–Crippen MR) is 69.9 cm³/mol. The Labute approximate surface area is 119 Å². The standard InChI is InChI=1S/C16H13.Ti.H/c1-2-8-13(7-1)15-11-5-6-12-16(15)14-9-3-4-10-14;;/h1-7,9,11H,8,10H2;;/q-1;;-1. The maximum Gasteiger partial charge on any atom is 0 e. The minimum atomic E-state index is 0. The molecule has 0 heterocycles. The fraction of sp³-hybridized carbons (Fsp3) is 0.125. The molecule has 1 aromatic carbocycles. The molecule has 84 valence electrons. The predicted octanol–water partition coefficient (Wildman–Crippen LogP) is 4.28. The average molecular weight is 254 g/mol. The van der Waals surface area contributed by atoms with Gasteiger partial charge in [-0.05, 0) is 12.8 Å². The molecule has 0 aliphatic heterocycles. The first-order chi connectivity index (χ1) is 7.95. The second-order valence-corrected chi connectivity index (χ2v) is 4.11. The summed E-state index contributed by atoms with van der Waals surface area (Å²) in [5.41, 5.74) is 5.38. The van der Waals surface area contributed by atoms with Gasteiger partial charge < -0.3 is 1.43 Å². The summed E-state index contributed by atoms with van der Waals surface area (Å²) in [7, 11) is 0. The average Bonchev–Trinajstić information content (AvgIpc) is 3.03. The van der Waals surface area contributed by atoms with Crippen molar-refractivity contribution < 1.29 is 23.1 Å². The monoisotopic (exact) mass is 254 g/mol. The van der Waals surface area contributed by atoms with E-state index in [4.69, 9.17) is 0 Å². The van der Waals surface area contributed by atoms with Crippen LogP contribution in [0.15, 0.2) is 54.7 Å². The number of hydrogen-bond acceptors (Lipinski definition) is 0. The van der Waals surface area contributed by atoms with Crippen molar-refractivity contribution >= 4 is 11.1 Å². The maximum absolute atomic E-state index is 3.38. The first-order valence-corrected chi connectivity index (χ1v) is 5.68. The van der Waals surface area contributed by atoms with Gasteiger partial charge >= 0.3 is 0 Å². The zero-order valence-corrected chi connectivity index (χ0v) is 11.2. The van der Waals surface area contributed by atoms with E-state index in [-0.39, 0.29) is 23.1 Å². The SMILES string of the molecule is [H-].[Ti].[c-]1cccc(C2=CC=CC2)c1C1=CC=CC1. The Morgan fingerprint density at radius 3 is 2.35 bits per heavy atom. The second-order valence-electron chi connectivity index (χ2n) is 4.11. The van der Waals surface area contributed by atoms with E-state index in [1.807, 2.05) is 6.07 Å². The van der Waals surface area contributed by atoms with Gasteiger partial charge in [0.25, 0.3) is 0 Å². The van der Waals surface area contributed by atoms with Gasteiger partial charge in [-0.15, -0.1) is 47.0 Å². The maximum atomic E-state index is 3.38. The normalized spacial score (nSPS) is 16.7. The molecule has 0 bridgehead atoms. The Bertz CT molecular complexity index is 487. The van der Waals surface area contributed by atoms with Gasteiger partial charge in [0.1, 0.15) is 0 Å². The molecule has 0 atom stereocenters. The summed E-state index contributed by atoms with van der Waals surface area (Å²) in [5, 5.41) is 0. The van der Waals surface area contributed by atoms with E-state index in [0.717, 1.165) is 12.8 Å². The van der Waals surface area contributed by atoms with Crippen LogP contribution in [0.1, 0.15) is 25.4 Å². The van der Waals surface area contributed by atoms with Gasteiger partial charge in [-0.25, -0.2) is 0 Å².